The molecule has 0 radical (unpaired) electrons. The van der Waals surface area contributed by atoms with Gasteiger partial charge in [-0.05, 0) is 35.7 Å². The second-order valence-corrected chi connectivity index (χ2v) is 8.04. The summed E-state index contributed by atoms with van der Waals surface area (Å²) in [4.78, 5) is 39.8. The van der Waals surface area contributed by atoms with Crippen molar-refractivity contribution in [3.05, 3.63) is 59.4 Å². The summed E-state index contributed by atoms with van der Waals surface area (Å²) < 4.78 is 20.3. The number of hydroxylamine groups is 1. The van der Waals surface area contributed by atoms with Crippen LogP contribution in [0.1, 0.15) is 22.3 Å². The maximum atomic E-state index is 14.9. The number of nitrogens with zero attached hydrogens (tertiary/aromatic N) is 2. The molecule has 0 saturated carbocycles. The Morgan fingerprint density at radius 3 is 2.50 bits per heavy atom. The zero-order valence-corrected chi connectivity index (χ0v) is 19.2. The van der Waals surface area contributed by atoms with Crippen LogP contribution in [0.15, 0.2) is 42.5 Å². The highest BCUT2D eigenvalue weighted by atomic mass is 19.1. The first-order valence-corrected chi connectivity index (χ1v) is 11.0. The molecule has 0 aliphatic carbocycles. The third kappa shape index (κ3) is 5.96. The summed E-state index contributed by atoms with van der Waals surface area (Å²) in [6, 6.07) is 9.78. The van der Waals surface area contributed by atoms with Crippen LogP contribution in [0.5, 0.6) is 0 Å². The average molecular weight is 473 g/mol. The standard InChI is InChI=1S/C24H29FN4O5/c1-26-22(30)21(23(31)27-33)28(2)24(32)18-7-5-17(6-8-18)19-9-4-16(14-20(19)25)15-29-10-3-12-34-13-11-29/h4-9,14,21,33H,3,10-13,15H2,1-2H3,(H,26,30)(H,27,31). The first kappa shape index (κ1) is 25.3. The van der Waals surface area contributed by atoms with Crippen molar-refractivity contribution in [3.8, 4) is 11.1 Å². The van der Waals surface area contributed by atoms with Crippen molar-refractivity contribution in [1.29, 1.82) is 0 Å². The normalized spacial score (nSPS) is 15.2. The van der Waals surface area contributed by atoms with Gasteiger partial charge in [-0.2, -0.15) is 0 Å². The maximum absolute atomic E-state index is 14.9. The Labute approximate surface area is 197 Å². The van der Waals surface area contributed by atoms with Gasteiger partial charge >= 0.3 is 0 Å². The number of benzene rings is 2. The summed E-state index contributed by atoms with van der Waals surface area (Å²) >= 11 is 0. The van der Waals surface area contributed by atoms with Crippen molar-refractivity contribution >= 4 is 17.7 Å². The zero-order chi connectivity index (χ0) is 24.7. The van der Waals surface area contributed by atoms with Gasteiger partial charge in [0.15, 0.2) is 6.04 Å². The van der Waals surface area contributed by atoms with Crippen molar-refractivity contribution in [2.24, 2.45) is 0 Å². The molecule has 182 valence electrons. The van der Waals surface area contributed by atoms with Crippen LogP contribution in [0.2, 0.25) is 0 Å². The fourth-order valence-corrected chi connectivity index (χ4v) is 3.89. The van der Waals surface area contributed by atoms with Gasteiger partial charge in [0.2, 0.25) is 0 Å². The Morgan fingerprint density at radius 2 is 1.85 bits per heavy atom. The topological polar surface area (TPSA) is 111 Å². The molecule has 0 bridgehead atoms. The lowest BCUT2D eigenvalue weighted by Crippen LogP contribution is -2.54. The number of likely N-dealkylation sites (N-methyl/N-ethyl adjacent to an activating group) is 2. The van der Waals surface area contributed by atoms with Gasteiger partial charge in [0.05, 0.1) is 6.61 Å². The highest BCUT2D eigenvalue weighted by Gasteiger charge is 2.33. The number of hydrogen-bond acceptors (Lipinski definition) is 6. The minimum absolute atomic E-state index is 0.200. The van der Waals surface area contributed by atoms with Crippen LogP contribution in [0.25, 0.3) is 11.1 Å². The van der Waals surface area contributed by atoms with E-state index >= 15 is 0 Å². The lowest BCUT2D eigenvalue weighted by atomic mass is 10.0. The van der Waals surface area contributed by atoms with Crippen molar-refractivity contribution in [2.75, 3.05) is 40.4 Å². The van der Waals surface area contributed by atoms with Gasteiger partial charge in [-0.15, -0.1) is 0 Å². The van der Waals surface area contributed by atoms with Crippen molar-refractivity contribution in [2.45, 2.75) is 19.0 Å². The first-order valence-electron chi connectivity index (χ1n) is 11.0. The quantitative estimate of drug-likeness (QED) is 0.319. The molecule has 1 unspecified atom stereocenters. The van der Waals surface area contributed by atoms with E-state index in [1.807, 2.05) is 6.07 Å². The second kappa shape index (κ2) is 11.7. The molecule has 1 atom stereocenters. The fourth-order valence-electron chi connectivity index (χ4n) is 3.89. The third-order valence-corrected chi connectivity index (χ3v) is 5.76. The highest BCUT2D eigenvalue weighted by molar-refractivity contribution is 6.08. The lowest BCUT2D eigenvalue weighted by molar-refractivity contribution is -0.140. The van der Waals surface area contributed by atoms with Crippen molar-refractivity contribution in [3.63, 3.8) is 0 Å². The molecule has 1 saturated heterocycles. The predicted molar refractivity (Wildman–Crippen MR) is 122 cm³/mol. The SMILES string of the molecule is CNC(=O)C(C(=O)NO)N(C)C(=O)c1ccc(-c2ccc(CN3CCCOCC3)cc2F)cc1. The van der Waals surface area contributed by atoms with Crippen LogP contribution < -0.4 is 10.8 Å². The van der Waals surface area contributed by atoms with Gasteiger partial charge < -0.3 is 15.0 Å². The van der Waals surface area contributed by atoms with E-state index in [1.165, 1.54) is 37.8 Å². The Balaban J connectivity index is 1.73. The minimum atomic E-state index is -1.55. The monoisotopic (exact) mass is 472 g/mol. The van der Waals surface area contributed by atoms with E-state index in [2.05, 4.69) is 10.2 Å². The van der Waals surface area contributed by atoms with Gasteiger partial charge in [0.1, 0.15) is 5.82 Å². The van der Waals surface area contributed by atoms with E-state index in [0.29, 0.717) is 24.3 Å². The molecule has 3 N–H and O–H groups in total. The second-order valence-electron chi connectivity index (χ2n) is 8.04. The molecule has 1 fully saturated rings. The van der Waals surface area contributed by atoms with E-state index in [1.54, 1.807) is 18.2 Å². The number of carbonyl (C=O) groups is 3. The molecule has 34 heavy (non-hydrogen) atoms. The van der Waals surface area contributed by atoms with E-state index in [0.717, 1.165) is 36.6 Å². The summed E-state index contributed by atoms with van der Waals surface area (Å²) in [7, 11) is 2.59. The summed E-state index contributed by atoms with van der Waals surface area (Å²) in [5.41, 5.74) is 3.45. The average Bonchev–Trinajstić information content (AvgIpc) is 3.12. The molecule has 1 aliphatic heterocycles. The van der Waals surface area contributed by atoms with E-state index < -0.39 is 23.8 Å². The van der Waals surface area contributed by atoms with Gasteiger partial charge in [-0.1, -0.05) is 24.3 Å². The van der Waals surface area contributed by atoms with Crippen LogP contribution in [0, 0.1) is 5.82 Å². The summed E-state index contributed by atoms with van der Waals surface area (Å²) in [6.07, 6.45) is 0.954. The Kier molecular flexibility index (Phi) is 8.69. The molecule has 3 rings (SSSR count). The van der Waals surface area contributed by atoms with Crippen LogP contribution in [0.4, 0.5) is 4.39 Å². The van der Waals surface area contributed by atoms with Crippen LogP contribution in [-0.4, -0.2) is 79.2 Å². The molecule has 9 nitrogen and oxygen atoms in total. The Hall–Kier alpha value is -3.34. The zero-order valence-electron chi connectivity index (χ0n) is 19.2. The molecular weight excluding hydrogens is 443 g/mol. The number of nitrogens with one attached hydrogen (secondary N) is 2. The van der Waals surface area contributed by atoms with Gasteiger partial charge in [-0.3, -0.25) is 24.5 Å². The first-order chi connectivity index (χ1) is 16.3. The minimum Gasteiger partial charge on any atom is -0.380 e. The third-order valence-electron chi connectivity index (χ3n) is 5.76. The van der Waals surface area contributed by atoms with E-state index in [-0.39, 0.29) is 11.4 Å². The number of amides is 3. The summed E-state index contributed by atoms with van der Waals surface area (Å²) in [5.74, 6) is -2.77. The van der Waals surface area contributed by atoms with Crippen LogP contribution in [-0.2, 0) is 20.9 Å². The molecule has 1 heterocycles. The van der Waals surface area contributed by atoms with E-state index in [4.69, 9.17) is 9.94 Å². The predicted octanol–water partition coefficient (Wildman–Crippen LogP) is 1.41. The lowest BCUT2D eigenvalue weighted by Gasteiger charge is -2.25. The number of halogens is 1. The smallest absolute Gasteiger partial charge is 0.275 e. The van der Waals surface area contributed by atoms with Crippen LogP contribution in [0.3, 0.4) is 0 Å². The largest absolute Gasteiger partial charge is 0.380 e. The molecule has 2 aromatic carbocycles. The number of ether oxygens (including phenoxy) is 1. The molecule has 0 aromatic heterocycles. The molecule has 1 aliphatic rings. The van der Waals surface area contributed by atoms with Gasteiger partial charge in [-0.25, -0.2) is 9.87 Å². The molecule has 0 spiro atoms. The van der Waals surface area contributed by atoms with Crippen molar-refractivity contribution in [1.82, 2.24) is 20.6 Å². The summed E-state index contributed by atoms with van der Waals surface area (Å²) in [6.45, 7) is 3.80. The number of hydrogen-bond donors (Lipinski definition) is 3. The molecule has 10 heteroatoms. The fraction of sp³-hybridized carbons (Fsp3) is 0.375. The van der Waals surface area contributed by atoms with Crippen molar-refractivity contribution < 1.29 is 28.7 Å². The molecular formula is C24H29FN4O5. The van der Waals surface area contributed by atoms with Gasteiger partial charge in [0.25, 0.3) is 17.7 Å². The number of rotatable bonds is 7. The molecule has 2 aromatic rings. The summed E-state index contributed by atoms with van der Waals surface area (Å²) in [5, 5.41) is 11.2. The Bertz CT molecular complexity index is 1010. The van der Waals surface area contributed by atoms with E-state index in [9.17, 15) is 18.8 Å². The molecule has 3 amide bonds. The highest BCUT2D eigenvalue weighted by Crippen LogP contribution is 2.25. The Morgan fingerprint density at radius 1 is 1.12 bits per heavy atom. The van der Waals surface area contributed by atoms with Gasteiger partial charge in [0, 0.05) is 51.5 Å². The maximum Gasteiger partial charge on any atom is 0.275 e. The number of carbonyl (C=O) groups excluding carboxylic acids is 3. The van der Waals surface area contributed by atoms with Crippen LogP contribution >= 0.6 is 0 Å².